The normalized spacial score (nSPS) is 14.2. The fraction of sp³-hybridized carbons (Fsp3) is 0.174. The SMILES string of the molecule is Cc1cccc(C)c1N=C(c1ccccc1)[C@](C)(O)c1ccccc1. The number of benzene rings is 3. The maximum Gasteiger partial charge on any atom is 0.129 e. The lowest BCUT2D eigenvalue weighted by Gasteiger charge is -2.27. The van der Waals surface area contributed by atoms with E-state index in [2.05, 4.69) is 0 Å². The Morgan fingerprint density at radius 3 is 1.84 bits per heavy atom. The van der Waals surface area contributed by atoms with Crippen molar-refractivity contribution in [3.05, 3.63) is 101 Å². The lowest BCUT2D eigenvalue weighted by atomic mass is 9.86. The molecule has 0 bridgehead atoms. The molecule has 0 radical (unpaired) electrons. The standard InChI is InChI=1S/C23H23NO/c1-17-11-10-12-18(2)21(17)24-22(19-13-6-4-7-14-19)23(3,25)20-15-8-5-9-16-20/h4-16,25H,1-3H3/t23-/m1/s1. The van der Waals surface area contributed by atoms with Gasteiger partial charge in [-0.2, -0.15) is 0 Å². The summed E-state index contributed by atoms with van der Waals surface area (Å²) in [4.78, 5) is 4.94. The summed E-state index contributed by atoms with van der Waals surface area (Å²) in [5, 5.41) is 11.4. The van der Waals surface area contributed by atoms with Crippen LogP contribution >= 0.6 is 0 Å². The van der Waals surface area contributed by atoms with Crippen LogP contribution in [0.5, 0.6) is 0 Å². The maximum absolute atomic E-state index is 11.4. The predicted molar refractivity (Wildman–Crippen MR) is 105 cm³/mol. The van der Waals surface area contributed by atoms with Crippen LogP contribution in [0.25, 0.3) is 0 Å². The van der Waals surface area contributed by atoms with E-state index in [0.717, 1.165) is 27.9 Å². The van der Waals surface area contributed by atoms with Gasteiger partial charge in [-0.1, -0.05) is 78.9 Å². The quantitative estimate of drug-likeness (QED) is 0.645. The van der Waals surface area contributed by atoms with Crippen LogP contribution in [0, 0.1) is 13.8 Å². The van der Waals surface area contributed by atoms with Crippen molar-refractivity contribution in [2.24, 2.45) is 4.99 Å². The van der Waals surface area contributed by atoms with Crippen LogP contribution in [0.4, 0.5) is 5.69 Å². The highest BCUT2D eigenvalue weighted by Crippen LogP contribution is 2.31. The van der Waals surface area contributed by atoms with Gasteiger partial charge in [0.25, 0.3) is 0 Å². The molecule has 0 spiro atoms. The van der Waals surface area contributed by atoms with E-state index in [1.807, 2.05) is 99.6 Å². The van der Waals surface area contributed by atoms with E-state index in [0.29, 0.717) is 5.71 Å². The van der Waals surface area contributed by atoms with Crippen LogP contribution in [0.3, 0.4) is 0 Å². The summed E-state index contributed by atoms with van der Waals surface area (Å²) in [6.45, 7) is 5.90. The number of hydrogen-bond donors (Lipinski definition) is 1. The third-order valence-electron chi connectivity index (χ3n) is 4.51. The summed E-state index contributed by atoms with van der Waals surface area (Å²) in [5.74, 6) is 0. The summed E-state index contributed by atoms with van der Waals surface area (Å²) in [7, 11) is 0. The van der Waals surface area contributed by atoms with Crippen molar-refractivity contribution in [2.45, 2.75) is 26.4 Å². The van der Waals surface area contributed by atoms with Gasteiger partial charge in [-0.3, -0.25) is 0 Å². The smallest absolute Gasteiger partial charge is 0.129 e. The molecule has 0 aromatic heterocycles. The molecule has 0 heterocycles. The molecular formula is C23H23NO. The van der Waals surface area contributed by atoms with Gasteiger partial charge < -0.3 is 5.11 Å². The number of aliphatic hydroxyl groups is 1. The van der Waals surface area contributed by atoms with E-state index in [4.69, 9.17) is 4.99 Å². The van der Waals surface area contributed by atoms with Crippen molar-refractivity contribution in [1.82, 2.24) is 0 Å². The monoisotopic (exact) mass is 329 g/mol. The largest absolute Gasteiger partial charge is 0.379 e. The van der Waals surface area contributed by atoms with E-state index >= 15 is 0 Å². The topological polar surface area (TPSA) is 32.6 Å². The van der Waals surface area contributed by atoms with Crippen molar-refractivity contribution in [3.63, 3.8) is 0 Å². The third kappa shape index (κ3) is 3.54. The molecule has 2 nitrogen and oxygen atoms in total. The van der Waals surface area contributed by atoms with Gasteiger partial charge in [0.1, 0.15) is 5.60 Å². The first kappa shape index (κ1) is 17.1. The molecule has 25 heavy (non-hydrogen) atoms. The molecule has 0 aliphatic carbocycles. The van der Waals surface area contributed by atoms with Crippen molar-refractivity contribution >= 4 is 11.4 Å². The summed E-state index contributed by atoms with van der Waals surface area (Å²) >= 11 is 0. The molecule has 126 valence electrons. The van der Waals surface area contributed by atoms with E-state index in [-0.39, 0.29) is 0 Å². The van der Waals surface area contributed by atoms with Gasteiger partial charge in [0.2, 0.25) is 0 Å². The number of rotatable bonds is 4. The molecule has 0 saturated carbocycles. The first-order valence-electron chi connectivity index (χ1n) is 8.49. The van der Waals surface area contributed by atoms with Crippen LogP contribution in [-0.4, -0.2) is 10.8 Å². The Bertz CT molecular complexity index is 860. The van der Waals surface area contributed by atoms with Crippen LogP contribution in [-0.2, 0) is 5.60 Å². The van der Waals surface area contributed by atoms with Crippen molar-refractivity contribution in [1.29, 1.82) is 0 Å². The molecule has 3 aromatic carbocycles. The van der Waals surface area contributed by atoms with Gasteiger partial charge >= 0.3 is 0 Å². The summed E-state index contributed by atoms with van der Waals surface area (Å²) in [6.07, 6.45) is 0. The third-order valence-corrected chi connectivity index (χ3v) is 4.51. The van der Waals surface area contributed by atoms with Gasteiger partial charge in [-0.15, -0.1) is 0 Å². The second kappa shape index (κ2) is 7.04. The fourth-order valence-electron chi connectivity index (χ4n) is 3.04. The zero-order chi connectivity index (χ0) is 17.9. The highest BCUT2D eigenvalue weighted by molar-refractivity contribution is 6.08. The molecule has 0 saturated heterocycles. The van der Waals surface area contributed by atoms with Gasteiger partial charge in [0.05, 0.1) is 11.4 Å². The minimum atomic E-state index is -1.20. The summed E-state index contributed by atoms with van der Waals surface area (Å²) in [5.41, 5.74) is 4.30. The molecule has 0 unspecified atom stereocenters. The second-order valence-electron chi connectivity index (χ2n) is 6.51. The van der Waals surface area contributed by atoms with Gasteiger partial charge in [-0.25, -0.2) is 4.99 Å². The lowest BCUT2D eigenvalue weighted by molar-refractivity contribution is 0.133. The van der Waals surface area contributed by atoms with Crippen molar-refractivity contribution < 1.29 is 5.11 Å². The molecule has 0 amide bonds. The minimum Gasteiger partial charge on any atom is -0.379 e. The Kier molecular flexibility index (Phi) is 4.82. The number of aliphatic imine (C=N–C) groups is 1. The average molecular weight is 329 g/mol. The number of nitrogens with zero attached hydrogens (tertiary/aromatic N) is 1. The molecule has 3 aromatic rings. The first-order chi connectivity index (χ1) is 12.0. The van der Waals surface area contributed by atoms with Crippen molar-refractivity contribution in [2.75, 3.05) is 0 Å². The van der Waals surface area contributed by atoms with Gasteiger partial charge in [0, 0.05) is 0 Å². The minimum absolute atomic E-state index is 0.650. The van der Waals surface area contributed by atoms with Gasteiger partial charge in [-0.05, 0) is 43.0 Å². The Morgan fingerprint density at radius 1 is 0.760 bits per heavy atom. The van der Waals surface area contributed by atoms with Crippen molar-refractivity contribution in [3.8, 4) is 0 Å². The highest BCUT2D eigenvalue weighted by atomic mass is 16.3. The Hall–Kier alpha value is -2.71. The second-order valence-corrected chi connectivity index (χ2v) is 6.51. The Labute approximate surface area is 149 Å². The lowest BCUT2D eigenvalue weighted by Crippen LogP contribution is -2.33. The van der Waals surface area contributed by atoms with E-state index in [9.17, 15) is 5.11 Å². The first-order valence-corrected chi connectivity index (χ1v) is 8.49. The molecule has 0 aliphatic rings. The number of hydrogen-bond acceptors (Lipinski definition) is 2. The molecule has 3 rings (SSSR count). The Morgan fingerprint density at radius 2 is 1.28 bits per heavy atom. The van der Waals surface area contributed by atoms with E-state index in [1.165, 1.54) is 0 Å². The number of aryl methyl sites for hydroxylation is 2. The Balaban J connectivity index is 2.23. The van der Waals surface area contributed by atoms with E-state index in [1.54, 1.807) is 0 Å². The summed E-state index contributed by atoms with van der Waals surface area (Å²) in [6, 6.07) is 25.7. The van der Waals surface area contributed by atoms with E-state index < -0.39 is 5.60 Å². The predicted octanol–water partition coefficient (Wildman–Crippen LogP) is 5.33. The molecule has 2 heteroatoms. The highest BCUT2D eigenvalue weighted by Gasteiger charge is 2.31. The van der Waals surface area contributed by atoms with Gasteiger partial charge in [0.15, 0.2) is 0 Å². The van der Waals surface area contributed by atoms with Crippen LogP contribution in [0.15, 0.2) is 83.9 Å². The van der Waals surface area contributed by atoms with Crippen LogP contribution < -0.4 is 0 Å². The summed E-state index contributed by atoms with van der Waals surface area (Å²) < 4.78 is 0. The maximum atomic E-state index is 11.4. The fourth-order valence-corrected chi connectivity index (χ4v) is 3.04. The van der Waals surface area contributed by atoms with Crippen LogP contribution in [0.1, 0.15) is 29.2 Å². The molecule has 1 atom stereocenters. The molecule has 0 fully saturated rings. The zero-order valence-electron chi connectivity index (χ0n) is 14.9. The van der Waals surface area contributed by atoms with Crippen LogP contribution in [0.2, 0.25) is 0 Å². The molecular weight excluding hydrogens is 306 g/mol. The zero-order valence-corrected chi connectivity index (χ0v) is 14.9. The average Bonchev–Trinajstić information content (AvgIpc) is 2.63. The molecule has 1 N–H and O–H groups in total. The molecule has 0 aliphatic heterocycles. The number of para-hydroxylation sites is 1.